The fourth-order valence-corrected chi connectivity index (χ4v) is 4.34. The number of piperidine rings is 1. The molecule has 2 heterocycles. The summed E-state index contributed by atoms with van der Waals surface area (Å²) in [5.41, 5.74) is 1.96. The zero-order valence-electron chi connectivity index (χ0n) is 14.0. The van der Waals surface area contributed by atoms with Gasteiger partial charge >= 0.3 is 5.69 Å². The summed E-state index contributed by atoms with van der Waals surface area (Å²) in [6.07, 6.45) is 5.69. The first-order valence-corrected chi connectivity index (χ1v) is 9.14. The maximum Gasteiger partial charge on any atom is 0.326 e. The number of imidazole rings is 1. The molecule has 0 amide bonds. The van der Waals surface area contributed by atoms with Crippen LogP contribution in [-0.4, -0.2) is 39.9 Å². The van der Waals surface area contributed by atoms with E-state index in [1.54, 1.807) is 0 Å². The van der Waals surface area contributed by atoms with Crippen molar-refractivity contribution in [1.82, 2.24) is 14.5 Å². The molecule has 1 saturated carbocycles. The summed E-state index contributed by atoms with van der Waals surface area (Å²) in [5, 5.41) is 0. The van der Waals surface area contributed by atoms with Crippen LogP contribution in [0, 0.1) is 5.92 Å². The number of likely N-dealkylation sites (tertiary alicyclic amines) is 1. The third-order valence-electron chi connectivity index (χ3n) is 5.73. The van der Waals surface area contributed by atoms with Crippen LogP contribution < -0.4 is 5.69 Å². The zero-order valence-corrected chi connectivity index (χ0v) is 14.0. The molecule has 0 spiro atoms. The van der Waals surface area contributed by atoms with Gasteiger partial charge in [-0.3, -0.25) is 9.36 Å². The van der Waals surface area contributed by atoms with Gasteiger partial charge in [-0.25, -0.2) is 4.79 Å². The quantitative estimate of drug-likeness (QED) is 0.943. The molecular weight excluding hydrogens is 302 g/mol. The number of hydrogen-bond donors (Lipinski definition) is 1. The topological polar surface area (TPSA) is 58.1 Å². The summed E-state index contributed by atoms with van der Waals surface area (Å²) in [7, 11) is 0. The number of rotatable bonds is 3. The van der Waals surface area contributed by atoms with Crippen LogP contribution in [0.15, 0.2) is 29.1 Å². The number of carbonyl (C=O) groups is 1. The normalized spacial score (nSPS) is 21.6. The lowest BCUT2D eigenvalue weighted by atomic mass is 9.87. The minimum atomic E-state index is 0.0143. The summed E-state index contributed by atoms with van der Waals surface area (Å²) in [6, 6.07) is 8.23. The van der Waals surface area contributed by atoms with Crippen LogP contribution in [0.1, 0.15) is 44.6 Å². The fraction of sp³-hybridized carbons (Fsp3) is 0.579. The first kappa shape index (κ1) is 15.6. The Morgan fingerprint density at radius 2 is 1.71 bits per heavy atom. The number of fused-ring (bicyclic) bond motifs is 1. The molecule has 0 atom stereocenters. The second kappa shape index (κ2) is 6.55. The maximum atomic E-state index is 12.3. The number of nitrogens with zero attached hydrogens (tertiary/aromatic N) is 2. The van der Waals surface area contributed by atoms with E-state index < -0.39 is 0 Å². The molecule has 1 saturated heterocycles. The highest BCUT2D eigenvalue weighted by molar-refractivity contribution is 5.79. The van der Waals surface area contributed by atoms with Crippen LogP contribution >= 0.6 is 0 Å². The number of ketones is 1. The molecule has 4 rings (SSSR count). The Bertz CT molecular complexity index is 773. The monoisotopic (exact) mass is 327 g/mol. The molecule has 1 aliphatic carbocycles. The molecule has 0 radical (unpaired) electrons. The van der Waals surface area contributed by atoms with Crippen molar-refractivity contribution in [3.8, 4) is 0 Å². The molecule has 1 N–H and O–H groups in total. The van der Waals surface area contributed by atoms with Gasteiger partial charge < -0.3 is 9.88 Å². The fourth-order valence-electron chi connectivity index (χ4n) is 4.34. The second-order valence-corrected chi connectivity index (χ2v) is 7.33. The van der Waals surface area contributed by atoms with Gasteiger partial charge in [0.25, 0.3) is 0 Å². The largest absolute Gasteiger partial charge is 0.326 e. The molecule has 2 fully saturated rings. The van der Waals surface area contributed by atoms with E-state index in [1.165, 1.54) is 0 Å². The van der Waals surface area contributed by atoms with Crippen molar-refractivity contribution in [2.45, 2.75) is 44.6 Å². The van der Waals surface area contributed by atoms with Crippen LogP contribution in [0.2, 0.25) is 0 Å². The van der Waals surface area contributed by atoms with E-state index in [-0.39, 0.29) is 11.7 Å². The molecule has 2 aliphatic rings. The third-order valence-corrected chi connectivity index (χ3v) is 5.73. The molecule has 5 nitrogen and oxygen atoms in total. The lowest BCUT2D eigenvalue weighted by Crippen LogP contribution is -2.40. The number of aromatic nitrogens is 2. The van der Waals surface area contributed by atoms with Crippen LogP contribution in [0.25, 0.3) is 11.0 Å². The zero-order chi connectivity index (χ0) is 16.5. The third kappa shape index (κ3) is 3.05. The van der Waals surface area contributed by atoms with Crippen molar-refractivity contribution >= 4 is 16.8 Å². The lowest BCUT2D eigenvalue weighted by Gasteiger charge is -2.35. The summed E-state index contributed by atoms with van der Waals surface area (Å²) in [4.78, 5) is 29.2. The molecule has 2 aromatic rings. The number of nitrogens with one attached hydrogen (secondary N) is 1. The summed E-state index contributed by atoms with van der Waals surface area (Å²) >= 11 is 0. The number of Topliss-reactive ketones (excluding diaryl/α,β-unsaturated/α-hetero) is 1. The van der Waals surface area contributed by atoms with E-state index in [1.807, 2.05) is 28.8 Å². The summed E-state index contributed by atoms with van der Waals surface area (Å²) < 4.78 is 1.95. The van der Waals surface area contributed by atoms with E-state index in [2.05, 4.69) is 9.88 Å². The van der Waals surface area contributed by atoms with Gasteiger partial charge in [0, 0.05) is 38.5 Å². The Morgan fingerprint density at radius 1 is 1.00 bits per heavy atom. The van der Waals surface area contributed by atoms with Gasteiger partial charge in [0.1, 0.15) is 5.78 Å². The van der Waals surface area contributed by atoms with E-state index >= 15 is 0 Å². The first-order valence-electron chi connectivity index (χ1n) is 9.14. The number of benzene rings is 1. The minimum Gasteiger partial charge on any atom is -0.306 e. The van der Waals surface area contributed by atoms with E-state index in [0.717, 1.165) is 69.2 Å². The van der Waals surface area contributed by atoms with Crippen molar-refractivity contribution in [1.29, 1.82) is 0 Å². The standard InChI is InChI=1S/C19H25N3O2/c23-16-7-5-14(6-8-16)13-21-11-9-15(10-12-21)22-18-4-2-1-3-17(18)20-19(22)24/h1-4,14-15H,5-13H2,(H,20,24). The van der Waals surface area contributed by atoms with Crippen molar-refractivity contribution < 1.29 is 4.79 Å². The number of carbonyl (C=O) groups excluding carboxylic acids is 1. The molecule has 1 aromatic heterocycles. The van der Waals surface area contributed by atoms with Crippen LogP contribution in [-0.2, 0) is 4.79 Å². The molecule has 1 aromatic carbocycles. The van der Waals surface area contributed by atoms with Gasteiger partial charge in [-0.05, 0) is 43.7 Å². The van der Waals surface area contributed by atoms with Crippen LogP contribution in [0.4, 0.5) is 0 Å². The average Bonchev–Trinajstić information content (AvgIpc) is 2.93. The highest BCUT2D eigenvalue weighted by atomic mass is 16.1. The average molecular weight is 327 g/mol. The Hall–Kier alpha value is -1.88. The van der Waals surface area contributed by atoms with Gasteiger partial charge in [-0.2, -0.15) is 0 Å². The lowest BCUT2D eigenvalue weighted by molar-refractivity contribution is -0.121. The van der Waals surface area contributed by atoms with Gasteiger partial charge in [0.05, 0.1) is 11.0 Å². The molecule has 0 unspecified atom stereocenters. The SMILES string of the molecule is O=C1CCC(CN2CCC(n3c(=O)[nH]c4ccccc43)CC2)CC1. The van der Waals surface area contributed by atoms with Crippen LogP contribution in [0.3, 0.4) is 0 Å². The van der Waals surface area contributed by atoms with E-state index in [9.17, 15) is 9.59 Å². The first-order chi connectivity index (χ1) is 11.7. The van der Waals surface area contributed by atoms with E-state index in [0.29, 0.717) is 11.7 Å². The number of aromatic amines is 1. The molecule has 0 bridgehead atoms. The van der Waals surface area contributed by atoms with Gasteiger partial charge in [0.2, 0.25) is 0 Å². The predicted molar refractivity (Wildman–Crippen MR) is 94.2 cm³/mol. The van der Waals surface area contributed by atoms with Gasteiger partial charge in [-0.15, -0.1) is 0 Å². The predicted octanol–water partition coefficient (Wildman–Crippen LogP) is 2.73. The van der Waals surface area contributed by atoms with E-state index in [4.69, 9.17) is 0 Å². The number of hydrogen-bond acceptors (Lipinski definition) is 3. The van der Waals surface area contributed by atoms with Crippen molar-refractivity contribution in [2.75, 3.05) is 19.6 Å². The van der Waals surface area contributed by atoms with Crippen LogP contribution in [0.5, 0.6) is 0 Å². The summed E-state index contributed by atoms with van der Waals surface area (Å²) in [5.74, 6) is 1.11. The number of para-hydroxylation sites is 2. The van der Waals surface area contributed by atoms with Crippen molar-refractivity contribution in [2.24, 2.45) is 5.92 Å². The summed E-state index contributed by atoms with van der Waals surface area (Å²) in [6.45, 7) is 3.20. The Balaban J connectivity index is 1.40. The van der Waals surface area contributed by atoms with Gasteiger partial charge in [0.15, 0.2) is 0 Å². The highest BCUT2D eigenvalue weighted by Gasteiger charge is 2.26. The molecule has 5 heteroatoms. The molecular formula is C19H25N3O2. The molecule has 1 aliphatic heterocycles. The molecule has 24 heavy (non-hydrogen) atoms. The number of H-pyrrole nitrogens is 1. The minimum absolute atomic E-state index is 0.0143. The molecule has 128 valence electrons. The Morgan fingerprint density at radius 3 is 2.46 bits per heavy atom. The second-order valence-electron chi connectivity index (χ2n) is 7.33. The van der Waals surface area contributed by atoms with Gasteiger partial charge in [-0.1, -0.05) is 12.1 Å². The van der Waals surface area contributed by atoms with Crippen molar-refractivity contribution in [3.05, 3.63) is 34.7 Å². The van der Waals surface area contributed by atoms with Crippen molar-refractivity contribution in [3.63, 3.8) is 0 Å². The highest BCUT2D eigenvalue weighted by Crippen LogP contribution is 2.27. The smallest absolute Gasteiger partial charge is 0.306 e. The Kier molecular flexibility index (Phi) is 4.27. The maximum absolute atomic E-state index is 12.3. The Labute approximate surface area is 141 Å².